The van der Waals surface area contributed by atoms with Crippen LogP contribution in [0.4, 0.5) is 0 Å². The Bertz CT molecular complexity index is 360. The highest BCUT2D eigenvalue weighted by Gasteiger charge is 2.22. The number of thiocarbonyl (C=S) groups is 1. The lowest BCUT2D eigenvalue weighted by atomic mass is 10.1. The van der Waals surface area contributed by atoms with Gasteiger partial charge in [-0.3, -0.25) is 9.88 Å². The summed E-state index contributed by atoms with van der Waals surface area (Å²) in [6.07, 6.45) is 8.90. The fourth-order valence-corrected chi connectivity index (χ4v) is 2.68. The molecule has 1 aliphatic carbocycles. The maximum absolute atomic E-state index is 5.69. The van der Waals surface area contributed by atoms with E-state index in [1.807, 2.05) is 12.3 Å². The van der Waals surface area contributed by atoms with Gasteiger partial charge in [0.1, 0.15) is 0 Å². The molecule has 0 amide bonds. The SMILES string of the molecule is NC(=S)CN(Cc1cccnc1)C1CCCC1. The third kappa shape index (κ3) is 3.75. The number of rotatable bonds is 5. The molecule has 1 aromatic heterocycles. The Hall–Kier alpha value is -1.00. The molecule has 0 saturated heterocycles. The summed E-state index contributed by atoms with van der Waals surface area (Å²) in [5.41, 5.74) is 6.92. The lowest BCUT2D eigenvalue weighted by Gasteiger charge is -2.28. The summed E-state index contributed by atoms with van der Waals surface area (Å²) >= 11 is 5.04. The smallest absolute Gasteiger partial charge is 0.0870 e. The molecule has 1 heterocycles. The third-order valence-corrected chi connectivity index (χ3v) is 3.44. The van der Waals surface area contributed by atoms with Crippen LogP contribution in [0.25, 0.3) is 0 Å². The van der Waals surface area contributed by atoms with Crippen LogP contribution in [0, 0.1) is 0 Å². The summed E-state index contributed by atoms with van der Waals surface area (Å²) in [5, 5.41) is 0. The Morgan fingerprint density at radius 3 is 2.82 bits per heavy atom. The zero-order valence-electron chi connectivity index (χ0n) is 10.0. The monoisotopic (exact) mass is 249 g/mol. The summed E-state index contributed by atoms with van der Waals surface area (Å²) in [4.78, 5) is 7.13. The van der Waals surface area contributed by atoms with Gasteiger partial charge in [-0.05, 0) is 24.5 Å². The average molecular weight is 249 g/mol. The lowest BCUT2D eigenvalue weighted by Crippen LogP contribution is -2.38. The zero-order valence-corrected chi connectivity index (χ0v) is 10.8. The molecule has 1 aliphatic rings. The van der Waals surface area contributed by atoms with Crippen molar-refractivity contribution in [3.05, 3.63) is 30.1 Å². The van der Waals surface area contributed by atoms with Gasteiger partial charge in [-0.25, -0.2) is 0 Å². The van der Waals surface area contributed by atoms with Crippen molar-refractivity contribution in [1.82, 2.24) is 9.88 Å². The van der Waals surface area contributed by atoms with Crippen LogP contribution in [0.2, 0.25) is 0 Å². The van der Waals surface area contributed by atoms with E-state index in [0.717, 1.165) is 13.1 Å². The Morgan fingerprint density at radius 1 is 1.47 bits per heavy atom. The van der Waals surface area contributed by atoms with Gasteiger partial charge in [0.25, 0.3) is 0 Å². The number of pyridine rings is 1. The van der Waals surface area contributed by atoms with Crippen molar-refractivity contribution >= 4 is 17.2 Å². The van der Waals surface area contributed by atoms with E-state index in [1.54, 1.807) is 6.20 Å². The largest absolute Gasteiger partial charge is 0.392 e. The molecule has 0 aromatic carbocycles. The maximum Gasteiger partial charge on any atom is 0.0870 e. The average Bonchev–Trinajstić information content (AvgIpc) is 2.82. The molecule has 4 heteroatoms. The Labute approximate surface area is 108 Å². The van der Waals surface area contributed by atoms with E-state index in [2.05, 4.69) is 16.0 Å². The normalized spacial score (nSPS) is 16.5. The van der Waals surface area contributed by atoms with Gasteiger partial charge in [0.15, 0.2) is 0 Å². The molecule has 3 nitrogen and oxygen atoms in total. The molecular weight excluding hydrogens is 230 g/mol. The van der Waals surface area contributed by atoms with Gasteiger partial charge in [-0.2, -0.15) is 0 Å². The lowest BCUT2D eigenvalue weighted by molar-refractivity contribution is 0.218. The Morgan fingerprint density at radius 2 is 2.24 bits per heavy atom. The van der Waals surface area contributed by atoms with Crippen LogP contribution in [0.3, 0.4) is 0 Å². The van der Waals surface area contributed by atoms with Crippen molar-refractivity contribution in [3.8, 4) is 0 Å². The van der Waals surface area contributed by atoms with Crippen molar-refractivity contribution in [2.75, 3.05) is 6.54 Å². The first kappa shape index (κ1) is 12.5. The van der Waals surface area contributed by atoms with E-state index in [9.17, 15) is 0 Å². The molecule has 2 rings (SSSR count). The Balaban J connectivity index is 2.02. The van der Waals surface area contributed by atoms with Gasteiger partial charge < -0.3 is 5.73 Å². The van der Waals surface area contributed by atoms with E-state index < -0.39 is 0 Å². The minimum absolute atomic E-state index is 0.584. The van der Waals surface area contributed by atoms with Crippen LogP contribution in [0.5, 0.6) is 0 Å². The number of hydrogen-bond acceptors (Lipinski definition) is 3. The van der Waals surface area contributed by atoms with Gasteiger partial charge in [-0.1, -0.05) is 31.1 Å². The van der Waals surface area contributed by atoms with E-state index in [1.165, 1.54) is 31.2 Å². The molecule has 17 heavy (non-hydrogen) atoms. The van der Waals surface area contributed by atoms with Crippen LogP contribution < -0.4 is 5.73 Å². The molecule has 0 aliphatic heterocycles. The predicted molar refractivity (Wildman–Crippen MR) is 73.7 cm³/mol. The van der Waals surface area contributed by atoms with E-state index >= 15 is 0 Å². The molecule has 0 unspecified atom stereocenters. The van der Waals surface area contributed by atoms with Crippen molar-refractivity contribution < 1.29 is 0 Å². The second-order valence-corrected chi connectivity index (χ2v) is 5.20. The van der Waals surface area contributed by atoms with Crippen molar-refractivity contribution in [2.24, 2.45) is 5.73 Å². The van der Waals surface area contributed by atoms with Gasteiger partial charge in [-0.15, -0.1) is 0 Å². The summed E-state index contributed by atoms with van der Waals surface area (Å²) in [7, 11) is 0. The highest BCUT2D eigenvalue weighted by Crippen LogP contribution is 2.24. The van der Waals surface area contributed by atoms with Crippen LogP contribution in [-0.4, -0.2) is 27.5 Å². The standard InChI is InChI=1S/C13H19N3S/c14-13(17)10-16(12-5-1-2-6-12)9-11-4-3-7-15-8-11/h3-4,7-8,12H,1-2,5-6,9-10H2,(H2,14,17). The second-order valence-electron chi connectivity index (χ2n) is 4.67. The van der Waals surface area contributed by atoms with Gasteiger partial charge in [0, 0.05) is 31.5 Å². The fourth-order valence-electron chi connectivity index (χ4n) is 2.51. The first-order valence-corrected chi connectivity index (χ1v) is 6.58. The van der Waals surface area contributed by atoms with Crippen molar-refractivity contribution in [1.29, 1.82) is 0 Å². The molecular formula is C13H19N3S. The van der Waals surface area contributed by atoms with Gasteiger partial charge >= 0.3 is 0 Å². The van der Waals surface area contributed by atoms with Gasteiger partial charge in [0.05, 0.1) is 4.99 Å². The summed E-state index contributed by atoms with van der Waals surface area (Å²) in [6.45, 7) is 1.62. The van der Waals surface area contributed by atoms with Crippen molar-refractivity contribution in [3.63, 3.8) is 0 Å². The number of aromatic nitrogens is 1. The summed E-state index contributed by atoms with van der Waals surface area (Å²) < 4.78 is 0. The highest BCUT2D eigenvalue weighted by atomic mass is 32.1. The molecule has 0 atom stereocenters. The highest BCUT2D eigenvalue weighted by molar-refractivity contribution is 7.80. The van der Waals surface area contributed by atoms with E-state index in [0.29, 0.717) is 11.0 Å². The summed E-state index contributed by atoms with van der Waals surface area (Å²) in [5.74, 6) is 0. The predicted octanol–water partition coefficient (Wildman–Crippen LogP) is 2.11. The van der Waals surface area contributed by atoms with Gasteiger partial charge in [0.2, 0.25) is 0 Å². The first-order valence-electron chi connectivity index (χ1n) is 6.17. The van der Waals surface area contributed by atoms with Crippen LogP contribution in [0.1, 0.15) is 31.2 Å². The quantitative estimate of drug-likeness (QED) is 0.812. The molecule has 0 radical (unpaired) electrons. The van der Waals surface area contributed by atoms with Crippen molar-refractivity contribution in [2.45, 2.75) is 38.3 Å². The minimum Gasteiger partial charge on any atom is -0.392 e. The van der Waals surface area contributed by atoms with E-state index in [4.69, 9.17) is 18.0 Å². The molecule has 0 bridgehead atoms. The van der Waals surface area contributed by atoms with Crippen LogP contribution in [-0.2, 0) is 6.54 Å². The van der Waals surface area contributed by atoms with E-state index in [-0.39, 0.29) is 0 Å². The van der Waals surface area contributed by atoms with Crippen LogP contribution >= 0.6 is 12.2 Å². The molecule has 1 saturated carbocycles. The maximum atomic E-state index is 5.69. The van der Waals surface area contributed by atoms with Crippen LogP contribution in [0.15, 0.2) is 24.5 Å². The Kier molecular flexibility index (Phi) is 4.45. The molecule has 92 valence electrons. The molecule has 1 fully saturated rings. The minimum atomic E-state index is 0.584. The number of nitrogens with zero attached hydrogens (tertiary/aromatic N) is 2. The topological polar surface area (TPSA) is 42.1 Å². The first-order chi connectivity index (χ1) is 8.25. The fraction of sp³-hybridized carbons (Fsp3) is 0.538. The number of hydrogen-bond donors (Lipinski definition) is 1. The number of nitrogens with two attached hydrogens (primary N) is 1. The zero-order chi connectivity index (χ0) is 12.1. The molecule has 1 aromatic rings. The molecule has 2 N–H and O–H groups in total. The third-order valence-electron chi connectivity index (χ3n) is 3.31. The summed E-state index contributed by atoms with van der Waals surface area (Å²) in [6, 6.07) is 4.72. The molecule has 0 spiro atoms. The second kappa shape index (κ2) is 6.07.